The molecule has 2 heterocycles. The molecule has 5 rings (SSSR count). The van der Waals surface area contributed by atoms with E-state index in [0.29, 0.717) is 18.1 Å². The van der Waals surface area contributed by atoms with E-state index in [2.05, 4.69) is 18.7 Å². The molecule has 7 heteroatoms. The molecule has 0 N–H and O–H groups in total. The van der Waals surface area contributed by atoms with Gasteiger partial charge in [-0.3, -0.25) is 9.69 Å². The van der Waals surface area contributed by atoms with Crippen LogP contribution in [0.25, 0.3) is 5.69 Å². The van der Waals surface area contributed by atoms with Crippen molar-refractivity contribution < 1.29 is 9.18 Å². The van der Waals surface area contributed by atoms with E-state index in [1.807, 2.05) is 28.9 Å². The maximum Gasteiger partial charge on any atom is 0.257 e. The Bertz CT molecular complexity index is 1220. The third-order valence-electron chi connectivity index (χ3n) is 6.80. The number of halogens is 2. The zero-order valence-electron chi connectivity index (χ0n) is 20.4. The Balaban J connectivity index is 1.51. The first-order valence-corrected chi connectivity index (χ1v) is 12.9. The van der Waals surface area contributed by atoms with Gasteiger partial charge >= 0.3 is 0 Å². The van der Waals surface area contributed by atoms with E-state index in [0.717, 1.165) is 43.4 Å². The fourth-order valence-electron chi connectivity index (χ4n) is 4.96. The van der Waals surface area contributed by atoms with Crippen LogP contribution in [0.15, 0.2) is 48.5 Å². The van der Waals surface area contributed by atoms with Crippen molar-refractivity contribution in [2.24, 2.45) is 11.8 Å². The van der Waals surface area contributed by atoms with Crippen molar-refractivity contribution in [3.63, 3.8) is 0 Å². The van der Waals surface area contributed by atoms with Crippen LogP contribution in [-0.2, 0) is 19.5 Å². The molecule has 2 aromatic carbocycles. The average molecular weight is 495 g/mol. The molecule has 3 aromatic rings. The molecule has 0 radical (unpaired) electrons. The predicted octanol–water partition coefficient (Wildman–Crippen LogP) is 5.73. The van der Waals surface area contributed by atoms with Gasteiger partial charge < -0.3 is 4.90 Å². The molecular formula is C28H32ClFN4O. The summed E-state index contributed by atoms with van der Waals surface area (Å²) in [7, 11) is 0. The van der Waals surface area contributed by atoms with Crippen LogP contribution in [0.3, 0.4) is 0 Å². The van der Waals surface area contributed by atoms with Gasteiger partial charge in [-0.25, -0.2) is 9.07 Å². The molecule has 1 aliphatic carbocycles. The second-order valence-electron chi connectivity index (χ2n) is 10.3. The highest BCUT2D eigenvalue weighted by molar-refractivity contribution is 6.30. The summed E-state index contributed by atoms with van der Waals surface area (Å²) in [5.74, 6) is 0.257. The number of benzene rings is 2. The third kappa shape index (κ3) is 5.44. The van der Waals surface area contributed by atoms with E-state index < -0.39 is 5.82 Å². The first-order valence-electron chi connectivity index (χ1n) is 12.5. The Labute approximate surface area is 211 Å². The average Bonchev–Trinajstić information content (AvgIpc) is 3.58. The Morgan fingerprint density at radius 2 is 2.00 bits per heavy atom. The highest BCUT2D eigenvalue weighted by Crippen LogP contribution is 2.33. The van der Waals surface area contributed by atoms with Crippen LogP contribution >= 0.6 is 11.6 Å². The molecule has 0 atom stereocenters. The van der Waals surface area contributed by atoms with Crippen LogP contribution in [0, 0.1) is 17.7 Å². The van der Waals surface area contributed by atoms with E-state index in [1.165, 1.54) is 30.2 Å². The molecule has 1 fully saturated rings. The van der Waals surface area contributed by atoms with E-state index in [4.69, 9.17) is 16.7 Å². The first kappa shape index (κ1) is 24.0. The fraction of sp³-hybridized carbons (Fsp3) is 0.429. The molecule has 1 amide bonds. The van der Waals surface area contributed by atoms with Gasteiger partial charge in [0.15, 0.2) is 0 Å². The molecule has 5 nitrogen and oxygen atoms in total. The number of hydrogen-bond donors (Lipinski definition) is 0. The molecule has 35 heavy (non-hydrogen) atoms. The number of carbonyl (C=O) groups excluding carboxylic acids is 1. The van der Waals surface area contributed by atoms with E-state index in [9.17, 15) is 9.18 Å². The topological polar surface area (TPSA) is 41.4 Å². The number of fused-ring (bicyclic) bond motifs is 1. The van der Waals surface area contributed by atoms with Gasteiger partial charge in [0.2, 0.25) is 0 Å². The summed E-state index contributed by atoms with van der Waals surface area (Å²) < 4.78 is 16.5. The van der Waals surface area contributed by atoms with Gasteiger partial charge in [0.1, 0.15) is 5.82 Å². The van der Waals surface area contributed by atoms with Gasteiger partial charge in [-0.2, -0.15) is 5.10 Å². The zero-order valence-corrected chi connectivity index (χ0v) is 21.1. The van der Waals surface area contributed by atoms with Crippen molar-refractivity contribution in [2.45, 2.75) is 46.2 Å². The van der Waals surface area contributed by atoms with E-state index in [-0.39, 0.29) is 17.4 Å². The van der Waals surface area contributed by atoms with Gasteiger partial charge in [0.25, 0.3) is 5.91 Å². The van der Waals surface area contributed by atoms with Crippen molar-refractivity contribution in [2.75, 3.05) is 19.6 Å². The van der Waals surface area contributed by atoms with E-state index >= 15 is 0 Å². The van der Waals surface area contributed by atoms with Crippen molar-refractivity contribution in [3.8, 4) is 5.69 Å². The summed E-state index contributed by atoms with van der Waals surface area (Å²) in [6, 6.07) is 13.9. The summed E-state index contributed by atoms with van der Waals surface area (Å²) in [4.78, 5) is 17.7. The first-order chi connectivity index (χ1) is 16.9. The smallest absolute Gasteiger partial charge is 0.257 e. The monoisotopic (exact) mass is 494 g/mol. The van der Waals surface area contributed by atoms with E-state index in [1.54, 1.807) is 23.1 Å². The number of rotatable bonds is 8. The molecule has 2 aliphatic rings. The molecule has 0 bridgehead atoms. The van der Waals surface area contributed by atoms with Gasteiger partial charge in [0.05, 0.1) is 29.2 Å². The molecule has 0 unspecified atom stereocenters. The predicted molar refractivity (Wildman–Crippen MR) is 136 cm³/mol. The van der Waals surface area contributed by atoms with Crippen molar-refractivity contribution >= 4 is 17.5 Å². The second kappa shape index (κ2) is 10.1. The fourth-order valence-corrected chi connectivity index (χ4v) is 5.14. The zero-order chi connectivity index (χ0) is 24.5. The molecule has 1 aromatic heterocycles. The van der Waals surface area contributed by atoms with Crippen molar-refractivity contribution in [1.82, 2.24) is 19.6 Å². The number of hydrogen-bond acceptors (Lipinski definition) is 3. The standard InChI is InChI=1S/C28H32ClFN4O/c1-19(2)15-33(28(35)23-8-3-4-9-25(23)30)18-26-24-17-32(16-20-10-11-20)13-12-27(24)34(31-26)22-7-5-6-21(29)14-22/h3-9,14,19-20H,10-13,15-18H2,1-2H3. The minimum Gasteiger partial charge on any atom is -0.332 e. The Hall–Kier alpha value is -2.70. The minimum absolute atomic E-state index is 0.103. The van der Waals surface area contributed by atoms with Crippen LogP contribution < -0.4 is 0 Å². The Morgan fingerprint density at radius 3 is 2.71 bits per heavy atom. The second-order valence-corrected chi connectivity index (χ2v) is 10.7. The maximum absolute atomic E-state index is 14.5. The Kier molecular flexibility index (Phi) is 6.94. The van der Waals surface area contributed by atoms with Crippen molar-refractivity contribution in [1.29, 1.82) is 0 Å². The minimum atomic E-state index is -0.492. The summed E-state index contributed by atoms with van der Waals surface area (Å²) in [5, 5.41) is 5.68. The lowest BCUT2D eigenvalue weighted by Gasteiger charge is -2.29. The van der Waals surface area contributed by atoms with Crippen LogP contribution in [0.2, 0.25) is 5.02 Å². The summed E-state index contributed by atoms with van der Waals surface area (Å²) in [5.41, 5.74) is 4.27. The number of amides is 1. The molecule has 0 saturated heterocycles. The van der Waals surface area contributed by atoms with Crippen LogP contribution in [0.5, 0.6) is 0 Å². The normalized spacial score (nSPS) is 15.9. The summed E-state index contributed by atoms with van der Waals surface area (Å²) >= 11 is 6.30. The summed E-state index contributed by atoms with van der Waals surface area (Å²) in [6.45, 7) is 7.95. The number of aromatic nitrogens is 2. The molecule has 0 spiro atoms. The molecule has 184 valence electrons. The molecule has 1 saturated carbocycles. The quantitative estimate of drug-likeness (QED) is 0.401. The molecule has 1 aliphatic heterocycles. The highest BCUT2D eigenvalue weighted by atomic mass is 35.5. The summed E-state index contributed by atoms with van der Waals surface area (Å²) in [6.07, 6.45) is 3.53. The maximum atomic E-state index is 14.5. The van der Waals surface area contributed by atoms with Crippen molar-refractivity contribution in [3.05, 3.63) is 81.9 Å². The van der Waals surface area contributed by atoms with Gasteiger partial charge in [0, 0.05) is 43.2 Å². The Morgan fingerprint density at radius 1 is 1.20 bits per heavy atom. The van der Waals surface area contributed by atoms with Crippen LogP contribution in [0.4, 0.5) is 4.39 Å². The number of carbonyl (C=O) groups is 1. The largest absolute Gasteiger partial charge is 0.332 e. The lowest BCUT2D eigenvalue weighted by Crippen LogP contribution is -2.36. The van der Waals surface area contributed by atoms with Gasteiger partial charge in [-0.15, -0.1) is 0 Å². The van der Waals surface area contributed by atoms with Crippen LogP contribution in [0.1, 0.15) is 54.0 Å². The SMILES string of the molecule is CC(C)CN(Cc1nn(-c2cccc(Cl)c2)c2c1CN(CC1CC1)CC2)C(=O)c1ccccc1F. The van der Waals surface area contributed by atoms with Gasteiger partial charge in [-0.1, -0.05) is 43.6 Å². The number of nitrogens with zero attached hydrogens (tertiary/aromatic N) is 4. The third-order valence-corrected chi connectivity index (χ3v) is 7.04. The molecular weight excluding hydrogens is 463 g/mol. The highest BCUT2D eigenvalue weighted by Gasteiger charge is 2.31. The van der Waals surface area contributed by atoms with Crippen LogP contribution in [-0.4, -0.2) is 45.1 Å². The lowest BCUT2D eigenvalue weighted by atomic mass is 10.0. The van der Waals surface area contributed by atoms with Gasteiger partial charge in [-0.05, 0) is 55.0 Å². The lowest BCUT2D eigenvalue weighted by molar-refractivity contribution is 0.0714.